The summed E-state index contributed by atoms with van der Waals surface area (Å²) in [5.41, 5.74) is 0. The van der Waals surface area contributed by atoms with E-state index in [-0.39, 0.29) is 23.8 Å². The van der Waals surface area contributed by atoms with Gasteiger partial charge >= 0.3 is 17.9 Å². The first-order chi connectivity index (χ1) is 29.2. The van der Waals surface area contributed by atoms with Gasteiger partial charge in [0.25, 0.3) is 0 Å². The minimum atomic E-state index is -0.0388. The molecule has 0 aliphatic heterocycles. The maximum absolute atomic E-state index is 13.2. The molecule has 7 heteroatoms. The molecule has 0 radical (unpaired) electrons. The van der Waals surface area contributed by atoms with Gasteiger partial charge in [-0.25, -0.2) is 0 Å². The van der Waals surface area contributed by atoms with Crippen LogP contribution in [0.4, 0.5) is 0 Å². The van der Waals surface area contributed by atoms with E-state index in [1.807, 2.05) is 0 Å². The Kier molecular flexibility index (Phi) is 42.8. The molecule has 0 aromatic rings. The molecule has 0 N–H and O–H groups in total. The highest BCUT2D eigenvalue weighted by atomic mass is 16.5. The van der Waals surface area contributed by atoms with Crippen LogP contribution in [0.15, 0.2) is 0 Å². The van der Waals surface area contributed by atoms with Gasteiger partial charge in [0.1, 0.15) is 0 Å². The minimum Gasteiger partial charge on any atom is -0.466 e. The number of unbranched alkanes of at least 4 members (excludes halogenated alkanes) is 18. The van der Waals surface area contributed by atoms with E-state index in [0.29, 0.717) is 50.5 Å². The molecule has 0 aliphatic rings. The quantitative estimate of drug-likeness (QED) is 0.0343. The van der Waals surface area contributed by atoms with Crippen molar-refractivity contribution < 1.29 is 28.6 Å². The minimum absolute atomic E-state index is 0.0155. The molecule has 0 saturated heterocycles. The van der Waals surface area contributed by atoms with E-state index in [2.05, 4.69) is 53.5 Å². The first-order valence-electron chi connectivity index (χ1n) is 26.4. The number of rotatable bonds is 46. The molecule has 0 aliphatic carbocycles. The van der Waals surface area contributed by atoms with Crippen LogP contribution < -0.4 is 0 Å². The second-order valence-corrected chi connectivity index (χ2v) is 18.8. The molecular formula is C53H103NO6. The lowest BCUT2D eigenvalue weighted by Gasteiger charge is -2.21. The van der Waals surface area contributed by atoms with Gasteiger partial charge in [-0.2, -0.15) is 0 Å². The van der Waals surface area contributed by atoms with Crippen molar-refractivity contribution >= 4 is 17.9 Å². The van der Waals surface area contributed by atoms with Crippen molar-refractivity contribution in [2.24, 2.45) is 17.8 Å². The zero-order valence-electron chi connectivity index (χ0n) is 41.3. The molecule has 0 amide bonds. The van der Waals surface area contributed by atoms with Crippen LogP contribution in [0.2, 0.25) is 0 Å². The lowest BCUT2D eigenvalue weighted by molar-refractivity contribution is -0.149. The van der Waals surface area contributed by atoms with E-state index < -0.39 is 0 Å². The molecule has 0 heterocycles. The summed E-state index contributed by atoms with van der Waals surface area (Å²) < 4.78 is 17.1. The Morgan fingerprint density at radius 3 is 1.12 bits per heavy atom. The largest absolute Gasteiger partial charge is 0.466 e. The van der Waals surface area contributed by atoms with Crippen LogP contribution in [-0.2, 0) is 28.6 Å². The summed E-state index contributed by atoms with van der Waals surface area (Å²) in [6.45, 7) is 16.0. The van der Waals surface area contributed by atoms with Crippen LogP contribution in [0.1, 0.15) is 266 Å². The molecule has 60 heavy (non-hydrogen) atoms. The number of hydrogen-bond acceptors (Lipinski definition) is 7. The third-order valence-corrected chi connectivity index (χ3v) is 12.9. The third-order valence-electron chi connectivity index (χ3n) is 12.9. The van der Waals surface area contributed by atoms with Gasteiger partial charge in [0.05, 0.1) is 25.7 Å². The Morgan fingerprint density at radius 1 is 0.400 bits per heavy atom. The van der Waals surface area contributed by atoms with Crippen molar-refractivity contribution in [3.05, 3.63) is 0 Å². The van der Waals surface area contributed by atoms with Gasteiger partial charge in [-0.15, -0.1) is 0 Å². The molecular weight excluding hydrogens is 747 g/mol. The maximum Gasteiger partial charge on any atom is 0.308 e. The first kappa shape index (κ1) is 58.4. The summed E-state index contributed by atoms with van der Waals surface area (Å²) in [5, 5.41) is 0. The fourth-order valence-corrected chi connectivity index (χ4v) is 8.40. The number of esters is 3. The number of hydrogen-bond donors (Lipinski definition) is 0. The molecule has 0 aromatic heterocycles. The smallest absolute Gasteiger partial charge is 0.308 e. The molecule has 1 unspecified atom stereocenters. The van der Waals surface area contributed by atoms with Crippen molar-refractivity contribution in [2.45, 2.75) is 272 Å². The van der Waals surface area contributed by atoms with Crippen molar-refractivity contribution in [3.63, 3.8) is 0 Å². The molecule has 7 nitrogen and oxygen atoms in total. The van der Waals surface area contributed by atoms with Gasteiger partial charge < -0.3 is 19.1 Å². The van der Waals surface area contributed by atoms with Gasteiger partial charge in [-0.3, -0.25) is 14.4 Å². The second-order valence-electron chi connectivity index (χ2n) is 18.8. The second kappa shape index (κ2) is 44.0. The highest BCUT2D eigenvalue weighted by Crippen LogP contribution is 2.24. The number of carbonyl (C=O) groups is 3. The summed E-state index contributed by atoms with van der Waals surface area (Å²) in [6, 6.07) is 0.487. The molecule has 0 rings (SSSR count). The van der Waals surface area contributed by atoms with Crippen LogP contribution >= 0.6 is 0 Å². The average Bonchev–Trinajstić information content (AvgIpc) is 3.23. The van der Waals surface area contributed by atoms with Gasteiger partial charge in [-0.05, 0) is 77.7 Å². The van der Waals surface area contributed by atoms with E-state index in [0.717, 1.165) is 103 Å². The Balaban J connectivity index is 4.40. The molecule has 0 bridgehead atoms. The van der Waals surface area contributed by atoms with Crippen molar-refractivity contribution in [1.82, 2.24) is 4.90 Å². The molecule has 0 aromatic carbocycles. The summed E-state index contributed by atoms with van der Waals surface area (Å²) in [7, 11) is 2.12. The van der Waals surface area contributed by atoms with Crippen LogP contribution in [-0.4, -0.2) is 62.3 Å². The van der Waals surface area contributed by atoms with E-state index in [1.54, 1.807) is 0 Å². The van der Waals surface area contributed by atoms with Gasteiger partial charge in [-0.1, -0.05) is 195 Å². The lowest BCUT2D eigenvalue weighted by Crippen LogP contribution is -2.28. The van der Waals surface area contributed by atoms with Crippen LogP contribution in [0.5, 0.6) is 0 Å². The first-order valence-corrected chi connectivity index (χ1v) is 26.4. The zero-order chi connectivity index (χ0) is 44.3. The molecule has 1 atom stereocenters. The monoisotopic (exact) mass is 850 g/mol. The van der Waals surface area contributed by atoms with Gasteiger partial charge in [0.2, 0.25) is 0 Å². The SMILES string of the molecule is CCCCCC(CCCCC)CCOC(=O)CCCCCCCCCC(CCCCCCCC(=O)OCCC(CCCCC)CCCCC)C(=O)OCCCN(C)C(C)C. The normalized spacial score (nSPS) is 12.2. The van der Waals surface area contributed by atoms with E-state index >= 15 is 0 Å². The number of ether oxygens (including phenoxy) is 3. The summed E-state index contributed by atoms with van der Waals surface area (Å²) in [4.78, 5) is 40.3. The molecule has 356 valence electrons. The maximum atomic E-state index is 13.2. The zero-order valence-corrected chi connectivity index (χ0v) is 41.3. The van der Waals surface area contributed by atoms with Crippen molar-refractivity contribution in [3.8, 4) is 0 Å². The van der Waals surface area contributed by atoms with Crippen molar-refractivity contribution in [2.75, 3.05) is 33.4 Å². The van der Waals surface area contributed by atoms with Crippen LogP contribution in [0, 0.1) is 17.8 Å². The molecule has 0 spiro atoms. The Morgan fingerprint density at radius 2 is 0.750 bits per heavy atom. The fraction of sp³-hybridized carbons (Fsp3) is 0.943. The summed E-state index contributed by atoms with van der Waals surface area (Å²) >= 11 is 0. The Bertz CT molecular complexity index is 936. The number of nitrogens with zero attached hydrogens (tertiary/aromatic N) is 1. The number of carbonyl (C=O) groups excluding carboxylic acids is 3. The standard InChI is InChI=1S/C53H103NO6/c1-8-12-24-33-48(34-25-13-9-2)41-45-58-51(55)39-30-22-18-16-17-20-28-37-50(53(57)60-44-32-43-54(7)47(5)6)38-29-21-19-23-31-40-52(56)59-46-42-49(35-26-14-10-3)36-27-15-11-4/h47-50H,8-46H2,1-7H3. The Labute approximate surface area is 373 Å². The van der Waals surface area contributed by atoms with E-state index in [9.17, 15) is 14.4 Å². The van der Waals surface area contributed by atoms with Crippen LogP contribution in [0.3, 0.4) is 0 Å². The highest BCUT2D eigenvalue weighted by molar-refractivity contribution is 5.72. The van der Waals surface area contributed by atoms with Crippen LogP contribution in [0.25, 0.3) is 0 Å². The Hall–Kier alpha value is -1.63. The third kappa shape index (κ3) is 38.1. The highest BCUT2D eigenvalue weighted by Gasteiger charge is 2.20. The van der Waals surface area contributed by atoms with Gasteiger partial charge in [0, 0.05) is 25.4 Å². The lowest BCUT2D eigenvalue weighted by atomic mass is 9.92. The topological polar surface area (TPSA) is 82.1 Å². The molecule has 0 fully saturated rings. The summed E-state index contributed by atoms with van der Waals surface area (Å²) in [6.07, 6.45) is 39.0. The van der Waals surface area contributed by atoms with Gasteiger partial charge in [0.15, 0.2) is 0 Å². The predicted octanol–water partition coefficient (Wildman–Crippen LogP) is 15.5. The molecule has 0 saturated carbocycles. The summed E-state index contributed by atoms with van der Waals surface area (Å²) in [5.74, 6) is 1.29. The predicted molar refractivity (Wildman–Crippen MR) is 255 cm³/mol. The van der Waals surface area contributed by atoms with Crippen molar-refractivity contribution in [1.29, 1.82) is 0 Å². The fourth-order valence-electron chi connectivity index (χ4n) is 8.40. The van der Waals surface area contributed by atoms with E-state index in [4.69, 9.17) is 14.2 Å². The van der Waals surface area contributed by atoms with E-state index in [1.165, 1.54) is 116 Å². The average molecular weight is 850 g/mol.